The standard InChI is InChI=1S/C57H31F2N5S2/c58-45-22-10-18-40-38-16-8-20-42(51(38)65-53(40)45)55-60-56(43-21-9-17-39-41-19-11-23-46(59)54(41)66-52(39)43)62-57(61-55)64-48-25-7-4-14-35(48)37-28-26-33(31-50(37)64)32-27-29-49-44(30-32)36-15-5-6-24-47(36)63(49)34-12-2-1-3-13-34/h1-31H. The number of benzene rings is 9. The van der Waals surface area contributed by atoms with Gasteiger partial charge in [0.2, 0.25) is 5.95 Å². The Kier molecular flexibility index (Phi) is 8.02. The van der Waals surface area contributed by atoms with E-state index in [1.807, 2.05) is 60.7 Å². The Morgan fingerprint density at radius 1 is 0.333 bits per heavy atom. The van der Waals surface area contributed by atoms with Crippen LogP contribution in [0.5, 0.6) is 0 Å². The molecule has 0 atom stereocenters. The summed E-state index contributed by atoms with van der Waals surface area (Å²) in [4.78, 5) is 16.0. The highest BCUT2D eigenvalue weighted by Crippen LogP contribution is 2.44. The van der Waals surface area contributed by atoms with E-state index in [4.69, 9.17) is 15.0 Å². The van der Waals surface area contributed by atoms with Crippen LogP contribution in [0.3, 0.4) is 0 Å². The Balaban J connectivity index is 1.03. The van der Waals surface area contributed by atoms with E-state index in [2.05, 4.69) is 112 Å². The molecule has 0 N–H and O–H groups in total. The summed E-state index contributed by atoms with van der Waals surface area (Å²) in [6, 6.07) is 63.2. The minimum Gasteiger partial charge on any atom is -0.309 e. The van der Waals surface area contributed by atoms with Crippen molar-refractivity contribution in [3.63, 3.8) is 0 Å². The Bertz CT molecular complexity index is 4200. The largest absolute Gasteiger partial charge is 0.309 e. The van der Waals surface area contributed by atoms with Gasteiger partial charge in [-0.1, -0.05) is 121 Å². The van der Waals surface area contributed by atoms with Crippen LogP contribution >= 0.6 is 22.7 Å². The summed E-state index contributed by atoms with van der Waals surface area (Å²) in [5.41, 5.74) is 8.97. The van der Waals surface area contributed by atoms with Crippen LogP contribution in [-0.2, 0) is 0 Å². The molecule has 5 aromatic heterocycles. The zero-order valence-electron chi connectivity index (χ0n) is 34.7. The molecule has 0 aliphatic carbocycles. The maximum atomic E-state index is 15.4. The number of hydrogen-bond donors (Lipinski definition) is 0. The lowest BCUT2D eigenvalue weighted by Gasteiger charge is -2.12. The fraction of sp³-hybridized carbons (Fsp3) is 0. The summed E-state index contributed by atoms with van der Waals surface area (Å²) in [7, 11) is 0. The third kappa shape index (κ3) is 5.44. The monoisotopic (exact) mass is 887 g/mol. The van der Waals surface area contributed by atoms with Gasteiger partial charge >= 0.3 is 0 Å². The molecule has 0 bridgehead atoms. The van der Waals surface area contributed by atoms with Crippen molar-refractivity contribution < 1.29 is 8.78 Å². The first-order valence-corrected chi connectivity index (χ1v) is 23.3. The summed E-state index contributed by atoms with van der Waals surface area (Å²) in [6.45, 7) is 0. The Hall–Kier alpha value is -8.11. The van der Waals surface area contributed by atoms with Crippen molar-refractivity contribution in [1.82, 2.24) is 24.1 Å². The normalized spacial score (nSPS) is 12.1. The van der Waals surface area contributed by atoms with Crippen LogP contribution in [0.2, 0.25) is 0 Å². The average molecular weight is 888 g/mol. The molecule has 0 unspecified atom stereocenters. The Morgan fingerprint density at radius 3 is 1.44 bits per heavy atom. The predicted octanol–water partition coefficient (Wildman–Crippen LogP) is 16.1. The van der Waals surface area contributed by atoms with Crippen LogP contribution in [0.1, 0.15) is 0 Å². The van der Waals surface area contributed by atoms with Crippen LogP contribution in [-0.4, -0.2) is 24.1 Å². The lowest BCUT2D eigenvalue weighted by atomic mass is 10.0. The van der Waals surface area contributed by atoms with E-state index >= 15 is 8.78 Å². The van der Waals surface area contributed by atoms with Gasteiger partial charge in [-0.15, -0.1) is 22.7 Å². The fourth-order valence-corrected chi connectivity index (χ4v) is 12.4. The number of nitrogens with zero attached hydrogens (tertiary/aromatic N) is 5. The third-order valence-electron chi connectivity index (χ3n) is 13.0. The van der Waals surface area contributed by atoms with Gasteiger partial charge in [0.05, 0.1) is 31.5 Å². The molecular formula is C57H31F2N5S2. The molecule has 310 valence electrons. The third-order valence-corrected chi connectivity index (χ3v) is 15.5. The molecule has 14 rings (SSSR count). The summed E-state index contributed by atoms with van der Waals surface area (Å²) in [6.07, 6.45) is 0. The number of fused-ring (bicyclic) bond motifs is 12. The minimum atomic E-state index is -0.262. The maximum Gasteiger partial charge on any atom is 0.238 e. The van der Waals surface area contributed by atoms with Crippen molar-refractivity contribution in [2.75, 3.05) is 0 Å². The van der Waals surface area contributed by atoms with Gasteiger partial charge in [-0.05, 0) is 77.9 Å². The number of thiophene rings is 2. The molecule has 0 radical (unpaired) electrons. The minimum absolute atomic E-state index is 0.262. The molecule has 66 heavy (non-hydrogen) atoms. The first kappa shape index (κ1) is 37.3. The number of rotatable bonds is 5. The summed E-state index contributed by atoms with van der Waals surface area (Å²) in [5, 5.41) is 8.04. The van der Waals surface area contributed by atoms with Gasteiger partial charge in [0.1, 0.15) is 11.6 Å². The molecule has 0 spiro atoms. The molecule has 0 aliphatic heterocycles. The number of hydrogen-bond acceptors (Lipinski definition) is 5. The number of para-hydroxylation sites is 3. The second kappa shape index (κ2) is 14.2. The molecule has 14 aromatic rings. The molecule has 0 amide bonds. The quantitative estimate of drug-likeness (QED) is 0.173. The topological polar surface area (TPSA) is 48.5 Å². The van der Waals surface area contributed by atoms with E-state index in [1.54, 1.807) is 12.1 Å². The van der Waals surface area contributed by atoms with Gasteiger partial charge in [0.25, 0.3) is 0 Å². The highest BCUT2D eigenvalue weighted by atomic mass is 32.1. The van der Waals surface area contributed by atoms with Gasteiger partial charge in [-0.2, -0.15) is 9.97 Å². The SMILES string of the molecule is Fc1cccc2c1sc1c(-c3nc(-c4cccc5c4sc4c(F)cccc45)nc(-n4c5ccccc5c5ccc(-c6ccc7c(c6)c6ccccc6n7-c6ccccc6)cc54)n3)cccc12. The zero-order valence-corrected chi connectivity index (χ0v) is 36.3. The molecule has 5 heterocycles. The molecular weight excluding hydrogens is 857 g/mol. The second-order valence-corrected chi connectivity index (χ2v) is 18.6. The van der Waals surface area contributed by atoms with Gasteiger partial charge in [0, 0.05) is 69.3 Å². The van der Waals surface area contributed by atoms with E-state index in [1.165, 1.54) is 45.6 Å². The number of halogens is 2. The van der Waals surface area contributed by atoms with Crippen molar-refractivity contribution in [1.29, 1.82) is 0 Å². The molecule has 0 aliphatic rings. The van der Waals surface area contributed by atoms with Crippen molar-refractivity contribution in [3.05, 3.63) is 200 Å². The number of aromatic nitrogens is 5. The van der Waals surface area contributed by atoms with Gasteiger partial charge < -0.3 is 4.57 Å². The molecule has 0 saturated heterocycles. The smallest absolute Gasteiger partial charge is 0.238 e. The fourth-order valence-electron chi connectivity index (χ4n) is 10.0. The van der Waals surface area contributed by atoms with E-state index in [-0.39, 0.29) is 11.6 Å². The molecule has 0 fully saturated rings. The van der Waals surface area contributed by atoms with Crippen molar-refractivity contribution in [2.24, 2.45) is 0 Å². The average Bonchev–Trinajstić information content (AvgIpc) is 4.13. The van der Waals surface area contributed by atoms with Crippen LogP contribution < -0.4 is 0 Å². The van der Waals surface area contributed by atoms with Crippen LogP contribution in [0.25, 0.3) is 129 Å². The molecule has 5 nitrogen and oxygen atoms in total. The van der Waals surface area contributed by atoms with Crippen molar-refractivity contribution >= 4 is 107 Å². The van der Waals surface area contributed by atoms with Gasteiger partial charge in [0.15, 0.2) is 11.6 Å². The Morgan fingerprint density at radius 2 is 0.803 bits per heavy atom. The summed E-state index contributed by atoms with van der Waals surface area (Å²) in [5.74, 6) is 0.830. The van der Waals surface area contributed by atoms with E-state index in [0.717, 1.165) is 91.7 Å². The van der Waals surface area contributed by atoms with Crippen LogP contribution in [0.4, 0.5) is 8.78 Å². The van der Waals surface area contributed by atoms with E-state index in [0.29, 0.717) is 27.0 Å². The second-order valence-electron chi connectivity index (χ2n) is 16.6. The summed E-state index contributed by atoms with van der Waals surface area (Å²) >= 11 is 2.81. The van der Waals surface area contributed by atoms with Crippen molar-refractivity contribution in [3.8, 4) is 45.5 Å². The maximum absolute atomic E-state index is 15.4. The highest BCUT2D eigenvalue weighted by molar-refractivity contribution is 7.26. The lowest BCUT2D eigenvalue weighted by molar-refractivity contribution is 0.641. The highest BCUT2D eigenvalue weighted by Gasteiger charge is 2.23. The first-order valence-electron chi connectivity index (χ1n) is 21.6. The zero-order chi connectivity index (χ0) is 43.6. The Labute approximate surface area is 382 Å². The molecule has 0 saturated carbocycles. The van der Waals surface area contributed by atoms with Gasteiger partial charge in [-0.25, -0.2) is 13.8 Å². The molecule has 9 heteroatoms. The van der Waals surface area contributed by atoms with Crippen LogP contribution in [0.15, 0.2) is 188 Å². The van der Waals surface area contributed by atoms with Crippen LogP contribution in [0, 0.1) is 11.6 Å². The van der Waals surface area contributed by atoms with Crippen molar-refractivity contribution in [2.45, 2.75) is 0 Å². The van der Waals surface area contributed by atoms with E-state index in [9.17, 15) is 0 Å². The lowest BCUT2D eigenvalue weighted by Crippen LogP contribution is -2.06. The first-order chi connectivity index (χ1) is 32.6. The predicted molar refractivity (Wildman–Crippen MR) is 271 cm³/mol. The van der Waals surface area contributed by atoms with Gasteiger partial charge in [-0.3, -0.25) is 4.57 Å². The molecule has 9 aromatic carbocycles. The van der Waals surface area contributed by atoms with E-state index < -0.39 is 0 Å². The summed E-state index contributed by atoms with van der Waals surface area (Å²) < 4.78 is 38.1.